The van der Waals surface area contributed by atoms with Gasteiger partial charge in [-0.15, -0.1) is 27.7 Å². The zero-order valence-electron chi connectivity index (χ0n) is 74.7. The highest BCUT2D eigenvalue weighted by Crippen LogP contribution is 2.44. The summed E-state index contributed by atoms with van der Waals surface area (Å²) in [4.78, 5) is 0. The summed E-state index contributed by atoms with van der Waals surface area (Å²) in [6.07, 6.45) is 0. The largest absolute Gasteiger partial charge is 0.309 e. The van der Waals surface area contributed by atoms with E-state index < -0.39 is 6.04 Å². The Morgan fingerprint density at radius 3 is 0.496 bits per heavy atom. The van der Waals surface area contributed by atoms with Crippen LogP contribution in [0.1, 0.15) is 13.9 Å². The summed E-state index contributed by atoms with van der Waals surface area (Å²) in [6, 6.07) is 161. The number of nitrogens with zero attached hydrogens (tertiary/aromatic N) is 7. The second-order valence-electron chi connectivity index (χ2n) is 32.8. The molecular formula is C119H92B2N7P3. The lowest BCUT2D eigenvalue weighted by Crippen LogP contribution is -2.03. The molecule has 4 atom stereocenters. The van der Waals surface area contributed by atoms with Gasteiger partial charge in [0.2, 0.25) is 0 Å². The zero-order valence-corrected chi connectivity index (χ0v) is 76.1. The molecule has 12 heteroatoms. The Morgan fingerprint density at radius 1 is 0.214 bits per heavy atom. The van der Waals surface area contributed by atoms with Crippen LogP contribution < -0.4 is 0 Å². The Balaban J connectivity index is 0.000000115. The van der Waals surface area contributed by atoms with Crippen molar-refractivity contribution in [1.29, 1.82) is 0 Å². The highest BCUT2D eigenvalue weighted by atomic mass is 31.0. The molecule has 7 aromatic heterocycles. The molecule has 4 unspecified atom stereocenters. The molecule has 19 aromatic carbocycles. The first-order valence-corrected chi connectivity index (χ1v) is 46.6. The van der Waals surface area contributed by atoms with Crippen molar-refractivity contribution in [2.24, 2.45) is 0 Å². The third-order valence-electron chi connectivity index (χ3n) is 25.5. The number of aryl methyl sites for hydroxylation is 2. The number of rotatable bonds is 9. The Hall–Kier alpha value is -14.8. The molecule has 0 aliphatic rings. The quantitative estimate of drug-likeness (QED) is 0.102. The summed E-state index contributed by atoms with van der Waals surface area (Å²) in [7, 11) is 16.3. The average Bonchev–Trinajstić information content (AvgIpc) is 1.54. The van der Waals surface area contributed by atoms with E-state index in [1.807, 2.05) is 0 Å². The molecule has 7 nitrogen and oxygen atoms in total. The first-order valence-electron chi connectivity index (χ1n) is 45.6. The van der Waals surface area contributed by atoms with E-state index >= 15 is 0 Å². The second-order valence-corrected chi connectivity index (χ2v) is 33.7. The number of benzene rings is 19. The number of hydrogen-bond donors (Lipinski definition) is 0. The number of aromatic nitrogens is 7. The van der Waals surface area contributed by atoms with E-state index in [1.54, 1.807) is 0 Å². The van der Waals surface area contributed by atoms with Crippen molar-refractivity contribution in [3.05, 3.63) is 454 Å². The summed E-state index contributed by atoms with van der Waals surface area (Å²) >= 11 is 0. The number of hydrogen-bond acceptors (Lipinski definition) is 0. The maximum absolute atomic E-state index is 6.32. The summed E-state index contributed by atoms with van der Waals surface area (Å²) < 4.78 is 29.3. The van der Waals surface area contributed by atoms with E-state index in [9.17, 15) is 0 Å². The topological polar surface area (TPSA) is 34.5 Å². The van der Waals surface area contributed by atoms with Gasteiger partial charge in [-0.05, 0) is 199 Å². The SMILES string of the molecule is Cc1cc(-n2c3ccccc3c3ccccc32)ccc1-c1ccc(-n2c3ccccc3c3ccccc32)cc1C.[2H]C([B])P.[3H]CP.[B]CP.c1ccc2c(c1)c1ccccc1n2-c1cc(-n2c3ccccc3c3ccccc32)cc(-n2c3ccccc3c3ccccc32)c1.c1ccc2c(c1)c1ccccc1n2-c1ccc(-c2ccc(-n3c4ccccc4c4ccccc43)cc2)cc1. The molecule has 0 bridgehead atoms. The second kappa shape index (κ2) is 36.0. The summed E-state index contributed by atoms with van der Waals surface area (Å²) in [6.45, 7) is 4.88. The summed E-state index contributed by atoms with van der Waals surface area (Å²) in [5.41, 5.74) is 32.7. The van der Waals surface area contributed by atoms with Crippen molar-refractivity contribution in [2.75, 3.05) is 18.7 Å². The fourth-order valence-corrected chi connectivity index (χ4v) is 20.2. The van der Waals surface area contributed by atoms with Crippen LogP contribution in [0.3, 0.4) is 0 Å². The molecule has 26 aromatic rings. The van der Waals surface area contributed by atoms with Crippen LogP contribution in [0.15, 0.2) is 443 Å². The van der Waals surface area contributed by atoms with E-state index in [4.69, 9.17) is 18.4 Å². The van der Waals surface area contributed by atoms with Crippen LogP contribution in [-0.2, 0) is 0 Å². The Bertz CT molecular complexity index is 7870. The minimum atomic E-state index is -0.500. The van der Waals surface area contributed by atoms with Crippen molar-refractivity contribution in [3.8, 4) is 62.1 Å². The molecule has 0 spiro atoms. The van der Waals surface area contributed by atoms with Crippen molar-refractivity contribution in [1.82, 2.24) is 32.0 Å². The van der Waals surface area contributed by atoms with E-state index in [0.717, 1.165) is 17.1 Å². The Morgan fingerprint density at radius 2 is 0.344 bits per heavy atom. The van der Waals surface area contributed by atoms with Crippen molar-refractivity contribution < 1.29 is 2.74 Å². The predicted octanol–water partition coefficient (Wildman–Crippen LogP) is 31.2. The predicted molar refractivity (Wildman–Crippen MR) is 576 cm³/mol. The monoisotopic (exact) mass is 1740 g/mol. The van der Waals surface area contributed by atoms with Gasteiger partial charge in [0.05, 0.1) is 110 Å². The lowest BCUT2D eigenvalue weighted by atomic mass is 9.95. The van der Waals surface area contributed by atoms with Gasteiger partial charge in [0.15, 0.2) is 0 Å². The smallest absolute Gasteiger partial charge is 0.0709 e. The van der Waals surface area contributed by atoms with Gasteiger partial charge < -0.3 is 32.0 Å². The third-order valence-corrected chi connectivity index (χ3v) is 25.5. The molecule has 4 radical (unpaired) electrons. The lowest BCUT2D eigenvalue weighted by molar-refractivity contribution is 1.10. The van der Waals surface area contributed by atoms with E-state index in [0.29, 0.717) is 12.7 Å². The highest BCUT2D eigenvalue weighted by Gasteiger charge is 2.23. The van der Waals surface area contributed by atoms with Crippen LogP contribution in [0.4, 0.5) is 0 Å². The number of fused-ring (bicyclic) bond motifs is 21. The Labute approximate surface area is 773 Å². The van der Waals surface area contributed by atoms with Crippen LogP contribution in [-0.4, -0.2) is 66.4 Å². The van der Waals surface area contributed by atoms with Crippen molar-refractivity contribution >= 4 is 196 Å². The van der Waals surface area contributed by atoms with Gasteiger partial charge in [0.1, 0.15) is 0 Å². The fraction of sp³-hybridized carbons (Fsp3) is 0.0420. The highest BCUT2D eigenvalue weighted by molar-refractivity contribution is 7.19. The van der Waals surface area contributed by atoms with Gasteiger partial charge in [-0.25, -0.2) is 0 Å². The van der Waals surface area contributed by atoms with Crippen LogP contribution in [0, 0.1) is 13.8 Å². The molecule has 0 saturated heterocycles. The van der Waals surface area contributed by atoms with Crippen molar-refractivity contribution in [2.45, 2.75) is 13.8 Å². The molecule has 0 N–H and O–H groups in total. The molecule has 624 valence electrons. The van der Waals surface area contributed by atoms with Gasteiger partial charge in [0, 0.05) is 101 Å². The fourth-order valence-electron chi connectivity index (χ4n) is 20.2. The zero-order chi connectivity index (χ0) is 90.3. The van der Waals surface area contributed by atoms with Gasteiger partial charge in [-0.1, -0.05) is 310 Å². The number of para-hydroxylation sites is 14. The minimum Gasteiger partial charge on any atom is -0.309 e. The van der Waals surface area contributed by atoms with E-state index in [2.05, 4.69) is 516 Å². The molecule has 26 rings (SSSR count). The minimum absolute atomic E-state index is 0.417. The van der Waals surface area contributed by atoms with E-state index in [1.165, 1.54) is 209 Å². The standard InChI is InChI=1S/C42H27N3.C38H28N2.C36H24N2.2CH4BP.CH5P/c1-7-19-37-31(13-1)32-14-2-8-20-38(32)43(37)28-25-29(44-39-21-9-3-15-33(39)34-16-4-10-22-40(34)44)27-30(26-28)45-41-23-11-5-17-35(41)36-18-6-12-24-42(36)45;1-25-23-27(39-35-15-7-3-11-31(35)32-12-4-8-16-36(32)39)19-21-29(25)30-22-20-28(24-26(30)2)40-37-17-9-5-13-33(37)34-14-6-10-18-38(34)40;1-5-13-33-29(9-1)30-10-2-6-14-34(30)37(33)27-21-17-25(18-22-27)26-19-23-28(24-20-26)38-35-15-7-3-11-31(35)32-12-4-8-16-36(32)38;2*2-1-3;1-2/h1-27H;3-24H,1-2H3;1-24H;2*1,3H2;2H2,1H3/i;;;1D;;1T. The molecule has 131 heavy (non-hydrogen) atoms. The van der Waals surface area contributed by atoms with Crippen molar-refractivity contribution in [3.63, 3.8) is 0 Å². The lowest BCUT2D eigenvalue weighted by Gasteiger charge is -2.17. The summed E-state index contributed by atoms with van der Waals surface area (Å²) in [5.74, 6) is 0. The van der Waals surface area contributed by atoms with Gasteiger partial charge in [-0.2, -0.15) is 0 Å². The molecular weight excluding hydrogens is 1640 g/mol. The van der Waals surface area contributed by atoms with E-state index in [-0.39, 0.29) is 0 Å². The van der Waals surface area contributed by atoms with Crippen LogP contribution in [0.2, 0.25) is 0 Å². The molecule has 0 saturated carbocycles. The third kappa shape index (κ3) is 14.7. The average molecular weight is 1740 g/mol. The molecule has 0 aliphatic carbocycles. The first-order chi connectivity index (χ1) is 65.5. The van der Waals surface area contributed by atoms with Crippen LogP contribution in [0.5, 0.6) is 0 Å². The molecule has 0 amide bonds. The molecule has 7 heterocycles. The van der Waals surface area contributed by atoms with Gasteiger partial charge in [0.25, 0.3) is 0 Å². The van der Waals surface area contributed by atoms with Gasteiger partial charge in [-0.3, -0.25) is 0 Å². The maximum Gasteiger partial charge on any atom is 0.0709 e. The summed E-state index contributed by atoms with van der Waals surface area (Å²) in [5, 5.41) is 17.8. The van der Waals surface area contributed by atoms with Gasteiger partial charge >= 0.3 is 0 Å². The molecule has 0 fully saturated rings. The molecule has 0 aliphatic heterocycles. The normalized spacial score (nSPS) is 11.9. The first kappa shape index (κ1) is 80.7. The van der Waals surface area contributed by atoms with Crippen LogP contribution >= 0.6 is 27.7 Å². The maximum atomic E-state index is 6.32. The Kier molecular flexibility index (Phi) is 22.2. The van der Waals surface area contributed by atoms with Crippen LogP contribution in [0.25, 0.3) is 215 Å².